The maximum absolute atomic E-state index is 14.8. The zero-order chi connectivity index (χ0) is 24.5. The molecule has 2 heterocycles. The predicted molar refractivity (Wildman–Crippen MR) is 126 cm³/mol. The fourth-order valence-corrected chi connectivity index (χ4v) is 3.38. The van der Waals surface area contributed by atoms with Crippen molar-refractivity contribution in [3.05, 3.63) is 66.1 Å². The fraction of sp³-hybridized carbons (Fsp3) is 0.391. The van der Waals surface area contributed by atoms with Gasteiger partial charge >= 0.3 is 6.61 Å². The Morgan fingerprint density at radius 3 is 2.79 bits per heavy atom. The van der Waals surface area contributed by atoms with Crippen LogP contribution in [0.25, 0.3) is 5.57 Å². The van der Waals surface area contributed by atoms with E-state index < -0.39 is 19.4 Å². The van der Waals surface area contributed by atoms with E-state index in [0.717, 1.165) is 11.3 Å². The van der Waals surface area contributed by atoms with E-state index in [1.54, 1.807) is 24.6 Å². The van der Waals surface area contributed by atoms with E-state index in [-0.39, 0.29) is 23.4 Å². The zero-order valence-electron chi connectivity index (χ0n) is 19.1. The van der Waals surface area contributed by atoms with Crippen LogP contribution in [0.15, 0.2) is 65.4 Å². The average molecular weight is 465 g/mol. The summed E-state index contributed by atoms with van der Waals surface area (Å²) in [5.74, 6) is 0.507. The number of amidine groups is 1. The van der Waals surface area contributed by atoms with Gasteiger partial charge in [0.25, 0.3) is 0 Å². The van der Waals surface area contributed by atoms with Crippen LogP contribution in [0.1, 0.15) is 45.3 Å². The number of nitrogens with one attached hydrogen (secondary N) is 1. The van der Waals surface area contributed by atoms with E-state index in [1.807, 2.05) is 31.4 Å². The molecule has 5 N–H and O–H groups in total. The third kappa shape index (κ3) is 7.11. The second kappa shape index (κ2) is 12.1. The normalized spacial score (nSPS) is 18.6. The molecule has 0 aliphatic carbocycles. The SMILES string of the molecule is C=C/C=C\C(=C(\F)CCC)C(C)n1cnc2c1NC(/N=C(N)\C=C(/N)COC(F)F)C=C2C. The van der Waals surface area contributed by atoms with Crippen molar-refractivity contribution in [1.29, 1.82) is 0 Å². The van der Waals surface area contributed by atoms with E-state index in [4.69, 9.17) is 11.5 Å². The minimum Gasteiger partial charge on any atom is -0.400 e. The van der Waals surface area contributed by atoms with Gasteiger partial charge in [-0.3, -0.25) is 0 Å². The predicted octanol–water partition coefficient (Wildman–Crippen LogP) is 4.80. The molecule has 1 aromatic heterocycles. The molecule has 1 aromatic rings. The molecule has 1 aliphatic heterocycles. The number of aromatic nitrogens is 2. The van der Waals surface area contributed by atoms with Gasteiger partial charge in [0.2, 0.25) is 0 Å². The van der Waals surface area contributed by atoms with Crippen molar-refractivity contribution >= 4 is 17.2 Å². The number of hydrogen-bond acceptors (Lipinski definition) is 5. The van der Waals surface area contributed by atoms with E-state index >= 15 is 0 Å². The lowest BCUT2D eigenvalue weighted by Gasteiger charge is -2.25. The Kier molecular flexibility index (Phi) is 9.53. The molecule has 0 saturated carbocycles. The Morgan fingerprint density at radius 1 is 1.42 bits per heavy atom. The molecule has 0 amide bonds. The molecule has 10 heteroatoms. The number of hydrogen-bond donors (Lipinski definition) is 3. The first-order valence-electron chi connectivity index (χ1n) is 10.6. The molecule has 1 aliphatic rings. The van der Waals surface area contributed by atoms with Crippen LogP contribution in [0.3, 0.4) is 0 Å². The third-order valence-corrected chi connectivity index (χ3v) is 4.92. The summed E-state index contributed by atoms with van der Waals surface area (Å²) in [5.41, 5.74) is 13.7. The summed E-state index contributed by atoms with van der Waals surface area (Å²) in [7, 11) is 0. The van der Waals surface area contributed by atoms with Crippen LogP contribution in [0, 0.1) is 0 Å². The molecule has 0 aromatic carbocycles. The highest BCUT2D eigenvalue weighted by molar-refractivity contribution is 5.92. The summed E-state index contributed by atoms with van der Waals surface area (Å²) < 4.78 is 45.1. The average Bonchev–Trinajstić information content (AvgIpc) is 3.17. The quantitative estimate of drug-likeness (QED) is 0.248. The van der Waals surface area contributed by atoms with Crippen molar-refractivity contribution in [3.8, 4) is 0 Å². The van der Waals surface area contributed by atoms with Crippen LogP contribution in [0.4, 0.5) is 19.0 Å². The first kappa shape index (κ1) is 26.0. The topological polar surface area (TPSA) is 103 Å². The number of halogens is 3. The van der Waals surface area contributed by atoms with Crippen LogP contribution >= 0.6 is 0 Å². The number of alkyl halides is 2. The lowest BCUT2D eigenvalue weighted by Crippen LogP contribution is -2.26. The van der Waals surface area contributed by atoms with Crippen molar-refractivity contribution in [1.82, 2.24) is 9.55 Å². The van der Waals surface area contributed by atoms with Crippen molar-refractivity contribution in [2.45, 2.75) is 52.4 Å². The number of anilines is 1. The maximum Gasteiger partial charge on any atom is 0.345 e. The minimum absolute atomic E-state index is 0.0163. The molecule has 0 bridgehead atoms. The Morgan fingerprint density at radius 2 is 2.15 bits per heavy atom. The second-order valence-electron chi connectivity index (χ2n) is 7.51. The number of aliphatic imine (C=N–C) groups is 1. The van der Waals surface area contributed by atoms with Crippen LogP contribution < -0.4 is 16.8 Å². The highest BCUT2D eigenvalue weighted by Crippen LogP contribution is 2.34. The molecule has 0 spiro atoms. The lowest BCUT2D eigenvalue weighted by molar-refractivity contribution is -0.121. The van der Waals surface area contributed by atoms with Gasteiger partial charge in [-0.25, -0.2) is 14.4 Å². The van der Waals surface area contributed by atoms with Gasteiger partial charge < -0.3 is 26.1 Å². The second-order valence-corrected chi connectivity index (χ2v) is 7.51. The molecule has 2 unspecified atom stereocenters. The molecule has 33 heavy (non-hydrogen) atoms. The molecule has 2 rings (SSSR count). The Labute approximate surface area is 192 Å². The molecule has 0 radical (unpaired) electrons. The van der Waals surface area contributed by atoms with Crippen molar-refractivity contribution < 1.29 is 17.9 Å². The summed E-state index contributed by atoms with van der Waals surface area (Å²) in [6.45, 7) is 5.95. The van der Waals surface area contributed by atoms with Gasteiger partial charge in [0.05, 0.1) is 19.0 Å². The Hall–Kier alpha value is -3.27. The summed E-state index contributed by atoms with van der Waals surface area (Å²) in [5, 5.41) is 3.24. The summed E-state index contributed by atoms with van der Waals surface area (Å²) in [6.07, 6.45) is 10.2. The van der Waals surface area contributed by atoms with E-state index in [2.05, 4.69) is 26.6 Å². The summed E-state index contributed by atoms with van der Waals surface area (Å²) in [4.78, 5) is 8.82. The molecule has 2 atom stereocenters. The number of ether oxygens (including phenoxy) is 1. The van der Waals surface area contributed by atoms with Gasteiger partial charge in [-0.2, -0.15) is 8.78 Å². The van der Waals surface area contributed by atoms with Crippen LogP contribution in [0.5, 0.6) is 0 Å². The Balaban J connectivity index is 2.33. The number of rotatable bonds is 11. The van der Waals surface area contributed by atoms with Crippen LogP contribution in [-0.4, -0.2) is 34.8 Å². The summed E-state index contributed by atoms with van der Waals surface area (Å²) >= 11 is 0. The highest BCUT2D eigenvalue weighted by Gasteiger charge is 2.25. The van der Waals surface area contributed by atoms with Gasteiger partial charge in [0.15, 0.2) is 0 Å². The van der Waals surface area contributed by atoms with Gasteiger partial charge in [-0.1, -0.05) is 31.7 Å². The molecule has 180 valence electrons. The molecule has 7 nitrogen and oxygen atoms in total. The van der Waals surface area contributed by atoms with E-state index in [9.17, 15) is 13.2 Å². The molecule has 0 fully saturated rings. The lowest BCUT2D eigenvalue weighted by atomic mass is 10.0. The number of nitrogens with two attached hydrogens (primary N) is 2. The number of allylic oxidation sites excluding steroid dienone is 6. The molecular weight excluding hydrogens is 433 g/mol. The molecular formula is C23H31F3N6O. The minimum atomic E-state index is -2.93. The van der Waals surface area contributed by atoms with Gasteiger partial charge in [0.1, 0.15) is 29.3 Å². The summed E-state index contributed by atoms with van der Waals surface area (Å²) in [6, 6.07) is -0.355. The number of imidazole rings is 1. The van der Waals surface area contributed by atoms with Gasteiger partial charge in [-0.05, 0) is 38.3 Å². The highest BCUT2D eigenvalue weighted by atomic mass is 19.3. The standard InChI is InChI=1S/C23H31F3N6O/c1-5-7-9-17(18(24)8-6-2)15(4)32-13-29-21-14(3)10-20(31-22(21)32)30-19(28)11-16(27)12-33-23(25)26/h5,7,9-11,13,15,20,23,31H,1,6,8,12,27H2,2-4H3,(H2,28,30)/b9-7-,16-11-,18-17-. The number of fused-ring (bicyclic) bond motifs is 1. The van der Waals surface area contributed by atoms with E-state index in [0.29, 0.717) is 24.2 Å². The molecule has 0 saturated heterocycles. The third-order valence-electron chi connectivity index (χ3n) is 4.92. The first-order chi connectivity index (χ1) is 15.7. The maximum atomic E-state index is 14.8. The van der Waals surface area contributed by atoms with Crippen molar-refractivity contribution in [2.75, 3.05) is 11.9 Å². The van der Waals surface area contributed by atoms with Gasteiger partial charge in [0, 0.05) is 17.3 Å². The fourth-order valence-electron chi connectivity index (χ4n) is 3.38. The van der Waals surface area contributed by atoms with Crippen molar-refractivity contribution in [3.63, 3.8) is 0 Å². The van der Waals surface area contributed by atoms with E-state index in [1.165, 1.54) is 6.08 Å². The number of nitrogens with zero attached hydrogens (tertiary/aromatic N) is 3. The smallest absolute Gasteiger partial charge is 0.345 e. The van der Waals surface area contributed by atoms with Crippen LogP contribution in [0.2, 0.25) is 0 Å². The first-order valence-corrected chi connectivity index (χ1v) is 10.6. The van der Waals surface area contributed by atoms with Gasteiger partial charge in [-0.15, -0.1) is 0 Å². The Bertz CT molecular complexity index is 990. The zero-order valence-corrected chi connectivity index (χ0v) is 19.1. The van der Waals surface area contributed by atoms with Crippen LogP contribution in [-0.2, 0) is 4.74 Å². The monoisotopic (exact) mass is 464 g/mol. The van der Waals surface area contributed by atoms with Crippen molar-refractivity contribution in [2.24, 2.45) is 16.5 Å². The largest absolute Gasteiger partial charge is 0.400 e.